The van der Waals surface area contributed by atoms with Gasteiger partial charge in [-0.05, 0) is 59.2 Å². The first kappa shape index (κ1) is 17.3. The minimum absolute atomic E-state index is 0.0400. The minimum atomic E-state index is -1.03. The number of thiophene rings is 1. The smallest absolute Gasteiger partial charge is 0.169 e. The molecule has 24 heavy (non-hydrogen) atoms. The highest BCUT2D eigenvalue weighted by Gasteiger charge is 2.46. The summed E-state index contributed by atoms with van der Waals surface area (Å²) >= 11 is 1.38. The molecular weight excluding hydrogens is 325 g/mol. The number of aromatic nitrogens is 1. The summed E-state index contributed by atoms with van der Waals surface area (Å²) in [6, 6.07) is 5.33. The van der Waals surface area contributed by atoms with Gasteiger partial charge in [-0.3, -0.25) is 4.79 Å². The number of alkyl halides is 1. The lowest BCUT2D eigenvalue weighted by atomic mass is 9.78. The van der Waals surface area contributed by atoms with Crippen molar-refractivity contribution in [3.05, 3.63) is 23.1 Å². The Labute approximate surface area is 145 Å². The predicted octanol–water partition coefficient (Wildman–Crippen LogP) is 4.17. The first-order valence-corrected chi connectivity index (χ1v) is 9.00. The van der Waals surface area contributed by atoms with E-state index in [2.05, 4.69) is 29.5 Å². The quantitative estimate of drug-likeness (QED) is 0.817. The molecular formula is C18H24FN3OS. The maximum Gasteiger partial charge on any atom is 0.169 e. The number of Topliss-reactive ketones (excluding diaryl/α,β-unsaturated/α-hetero) is 1. The third-order valence-electron chi connectivity index (χ3n) is 4.50. The van der Waals surface area contributed by atoms with E-state index >= 15 is 0 Å². The van der Waals surface area contributed by atoms with Crippen molar-refractivity contribution in [1.29, 1.82) is 0 Å². The van der Waals surface area contributed by atoms with Crippen LogP contribution in [0.2, 0.25) is 0 Å². The van der Waals surface area contributed by atoms with E-state index in [1.54, 1.807) is 6.92 Å². The monoisotopic (exact) mass is 349 g/mol. The van der Waals surface area contributed by atoms with Gasteiger partial charge in [0.05, 0.1) is 10.9 Å². The number of anilines is 1. The lowest BCUT2D eigenvalue weighted by Crippen LogP contribution is -2.67. The van der Waals surface area contributed by atoms with Crippen molar-refractivity contribution in [3.8, 4) is 0 Å². The van der Waals surface area contributed by atoms with Crippen molar-refractivity contribution in [2.45, 2.75) is 64.3 Å². The maximum absolute atomic E-state index is 14.9. The fourth-order valence-corrected chi connectivity index (χ4v) is 4.56. The molecule has 0 saturated carbocycles. The maximum atomic E-state index is 14.9. The van der Waals surface area contributed by atoms with E-state index in [4.69, 9.17) is 0 Å². The van der Waals surface area contributed by atoms with Gasteiger partial charge in [-0.2, -0.15) is 0 Å². The molecule has 0 radical (unpaired) electrons. The number of pyridine rings is 1. The Balaban J connectivity index is 1.87. The Bertz CT molecular complexity index is 784. The number of carbonyl (C=O) groups excluding carboxylic acids is 1. The highest BCUT2D eigenvalue weighted by Crippen LogP contribution is 2.33. The fourth-order valence-electron chi connectivity index (χ4n) is 3.63. The lowest BCUT2D eigenvalue weighted by molar-refractivity contribution is 0.0656. The molecule has 2 aromatic heterocycles. The Hall–Kier alpha value is -1.53. The zero-order chi connectivity index (χ0) is 17.7. The van der Waals surface area contributed by atoms with Crippen molar-refractivity contribution in [1.82, 2.24) is 10.3 Å². The van der Waals surface area contributed by atoms with Crippen molar-refractivity contribution in [2.75, 3.05) is 5.32 Å². The average Bonchev–Trinajstić information content (AvgIpc) is 2.86. The molecule has 1 unspecified atom stereocenters. The number of rotatable bonds is 3. The molecule has 6 heteroatoms. The van der Waals surface area contributed by atoms with Gasteiger partial charge in [0.2, 0.25) is 0 Å². The second kappa shape index (κ2) is 5.77. The van der Waals surface area contributed by atoms with Crippen LogP contribution in [-0.4, -0.2) is 34.1 Å². The Morgan fingerprint density at radius 1 is 1.38 bits per heavy atom. The van der Waals surface area contributed by atoms with Crippen LogP contribution in [0.5, 0.6) is 0 Å². The molecule has 2 aromatic rings. The number of hydrogen-bond acceptors (Lipinski definition) is 5. The molecule has 0 amide bonds. The Morgan fingerprint density at radius 3 is 2.75 bits per heavy atom. The lowest BCUT2D eigenvalue weighted by Gasteiger charge is -2.49. The number of fused-ring (bicyclic) bond motifs is 1. The zero-order valence-electron chi connectivity index (χ0n) is 14.7. The van der Waals surface area contributed by atoms with Gasteiger partial charge in [-0.1, -0.05) is 0 Å². The molecule has 0 aliphatic carbocycles. The fraction of sp³-hybridized carbons (Fsp3) is 0.556. The summed E-state index contributed by atoms with van der Waals surface area (Å²) in [6.45, 7) is 9.51. The largest absolute Gasteiger partial charge is 0.364 e. The molecule has 3 heterocycles. The van der Waals surface area contributed by atoms with Gasteiger partial charge in [0.1, 0.15) is 16.8 Å². The van der Waals surface area contributed by atoms with E-state index in [0.717, 1.165) is 10.2 Å². The summed E-state index contributed by atoms with van der Waals surface area (Å²) in [5.41, 5.74) is -0.757. The molecule has 4 nitrogen and oxygen atoms in total. The normalized spacial score (nSPS) is 25.6. The minimum Gasteiger partial charge on any atom is -0.364 e. The van der Waals surface area contributed by atoms with E-state index in [0.29, 0.717) is 17.1 Å². The van der Waals surface area contributed by atoms with Crippen molar-refractivity contribution in [2.24, 2.45) is 0 Å². The molecule has 0 aromatic carbocycles. The van der Waals surface area contributed by atoms with Gasteiger partial charge in [0, 0.05) is 16.5 Å². The molecule has 2 N–H and O–H groups in total. The van der Waals surface area contributed by atoms with E-state index in [1.807, 2.05) is 32.0 Å². The third-order valence-corrected chi connectivity index (χ3v) is 5.64. The molecule has 2 atom stereocenters. The summed E-state index contributed by atoms with van der Waals surface area (Å²) in [5, 5.41) is 7.58. The molecule has 1 aliphatic rings. The average molecular weight is 349 g/mol. The number of piperidine rings is 1. The molecule has 1 saturated heterocycles. The highest BCUT2D eigenvalue weighted by molar-refractivity contribution is 7.20. The van der Waals surface area contributed by atoms with E-state index in [1.165, 1.54) is 11.3 Å². The Kier molecular flexibility index (Phi) is 4.16. The highest BCUT2D eigenvalue weighted by atomic mass is 32.1. The second-order valence-corrected chi connectivity index (χ2v) is 8.88. The van der Waals surface area contributed by atoms with Crippen molar-refractivity contribution < 1.29 is 9.18 Å². The molecule has 130 valence electrons. The first-order valence-electron chi connectivity index (χ1n) is 8.19. The number of carbonyl (C=O) groups is 1. The molecule has 3 rings (SSSR count). The number of nitrogens with one attached hydrogen (secondary N) is 2. The topological polar surface area (TPSA) is 54.0 Å². The number of nitrogens with zero attached hydrogens (tertiary/aromatic N) is 1. The molecule has 0 bridgehead atoms. The Morgan fingerprint density at radius 2 is 2.08 bits per heavy atom. The van der Waals surface area contributed by atoms with Crippen LogP contribution in [0.3, 0.4) is 0 Å². The summed E-state index contributed by atoms with van der Waals surface area (Å²) in [6.07, 6.45) is -0.361. The van der Waals surface area contributed by atoms with Crippen LogP contribution < -0.4 is 10.6 Å². The van der Waals surface area contributed by atoms with E-state index in [9.17, 15) is 9.18 Å². The molecule has 1 fully saturated rings. The van der Waals surface area contributed by atoms with Crippen molar-refractivity contribution >= 4 is 33.2 Å². The molecule has 0 spiro atoms. The van der Waals surface area contributed by atoms with Crippen LogP contribution >= 0.6 is 11.3 Å². The van der Waals surface area contributed by atoms with Crippen LogP contribution in [0.4, 0.5) is 10.2 Å². The van der Waals surface area contributed by atoms with Gasteiger partial charge >= 0.3 is 0 Å². The van der Waals surface area contributed by atoms with Crippen LogP contribution in [0.15, 0.2) is 18.2 Å². The first-order chi connectivity index (χ1) is 11.1. The SMILES string of the molecule is CC(=O)c1cc2ccc(N[C@H]3CC(C)(C)NC(C)(C)C3F)nc2s1. The van der Waals surface area contributed by atoms with Crippen LogP contribution in [0, 0.1) is 0 Å². The second-order valence-electron chi connectivity index (χ2n) is 7.84. The van der Waals surface area contributed by atoms with Gasteiger partial charge in [0.25, 0.3) is 0 Å². The number of hydrogen-bond donors (Lipinski definition) is 2. The van der Waals surface area contributed by atoms with Gasteiger partial charge in [0.15, 0.2) is 5.78 Å². The van der Waals surface area contributed by atoms with E-state index < -0.39 is 11.7 Å². The summed E-state index contributed by atoms with van der Waals surface area (Å²) in [7, 11) is 0. The van der Waals surface area contributed by atoms with Gasteiger partial charge < -0.3 is 10.6 Å². The van der Waals surface area contributed by atoms with Crippen LogP contribution in [-0.2, 0) is 0 Å². The summed E-state index contributed by atoms with van der Waals surface area (Å²) in [4.78, 5) is 17.6. The summed E-state index contributed by atoms with van der Waals surface area (Å²) in [5.74, 6) is 0.693. The van der Waals surface area contributed by atoms with Crippen LogP contribution in [0.1, 0.15) is 50.7 Å². The summed E-state index contributed by atoms with van der Waals surface area (Å²) < 4.78 is 14.9. The number of ketones is 1. The number of halogens is 1. The van der Waals surface area contributed by atoms with Gasteiger partial charge in [-0.25, -0.2) is 9.37 Å². The van der Waals surface area contributed by atoms with E-state index in [-0.39, 0.29) is 17.4 Å². The molecule has 1 aliphatic heterocycles. The standard InChI is InChI=1S/C18H24FN3OS/c1-10(23)13-8-11-6-7-14(21-16(11)24-13)20-12-9-17(2,3)22-18(4,5)15(12)19/h6-8,12,15,22H,9H2,1-5H3,(H,20,21)/t12-,15?/m0/s1. The van der Waals surface area contributed by atoms with Crippen LogP contribution in [0.25, 0.3) is 10.2 Å². The zero-order valence-corrected chi connectivity index (χ0v) is 15.6. The van der Waals surface area contributed by atoms with Gasteiger partial charge in [-0.15, -0.1) is 11.3 Å². The predicted molar refractivity (Wildman–Crippen MR) is 97.8 cm³/mol. The third kappa shape index (κ3) is 3.30. The van der Waals surface area contributed by atoms with Crippen molar-refractivity contribution in [3.63, 3.8) is 0 Å².